The lowest BCUT2D eigenvalue weighted by Gasteiger charge is -2.38. The van der Waals surface area contributed by atoms with E-state index in [0.717, 1.165) is 18.8 Å². The van der Waals surface area contributed by atoms with Gasteiger partial charge in [-0.3, -0.25) is 4.90 Å². The Bertz CT molecular complexity index is 292. The first-order valence-corrected chi connectivity index (χ1v) is 8.24. The van der Waals surface area contributed by atoms with Crippen LogP contribution in [0.4, 0.5) is 0 Å². The van der Waals surface area contributed by atoms with E-state index in [9.17, 15) is 8.42 Å². The van der Waals surface area contributed by atoms with Crippen LogP contribution in [0.1, 0.15) is 6.92 Å². The zero-order valence-corrected chi connectivity index (χ0v) is 11.2. The third-order valence-electron chi connectivity index (χ3n) is 2.68. The van der Waals surface area contributed by atoms with Crippen LogP contribution in [0.15, 0.2) is 0 Å². The molecule has 0 aromatic rings. The summed E-state index contributed by atoms with van der Waals surface area (Å²) in [7, 11) is -1.07. The van der Waals surface area contributed by atoms with Crippen LogP contribution in [0.3, 0.4) is 0 Å². The van der Waals surface area contributed by atoms with Crippen molar-refractivity contribution in [2.75, 3.05) is 37.9 Å². The Kier molecular flexibility index (Phi) is 4.89. The second-order valence-corrected chi connectivity index (χ2v) is 7.36. The zero-order chi connectivity index (χ0) is 11.5. The van der Waals surface area contributed by atoms with Crippen LogP contribution in [-0.2, 0) is 9.84 Å². The van der Waals surface area contributed by atoms with Gasteiger partial charge in [0.25, 0.3) is 0 Å². The molecule has 4 nitrogen and oxygen atoms in total. The van der Waals surface area contributed by atoms with Gasteiger partial charge in [-0.05, 0) is 14.0 Å². The van der Waals surface area contributed by atoms with Crippen LogP contribution in [0, 0.1) is 0 Å². The molecule has 0 aromatic heterocycles. The molecular formula is C9H20N2O2S2. The summed E-state index contributed by atoms with van der Waals surface area (Å²) in [5, 5.41) is 2.79. The Morgan fingerprint density at radius 2 is 2.27 bits per heavy atom. The van der Waals surface area contributed by atoms with E-state index in [-0.39, 0.29) is 11.4 Å². The first-order valence-electron chi connectivity index (χ1n) is 5.13. The highest BCUT2D eigenvalue weighted by atomic mass is 32.2. The Morgan fingerprint density at radius 3 is 2.80 bits per heavy atom. The van der Waals surface area contributed by atoms with Gasteiger partial charge >= 0.3 is 0 Å². The minimum atomic E-state index is -2.96. The largest absolute Gasteiger partial charge is 0.318 e. The van der Waals surface area contributed by atoms with E-state index in [1.165, 1.54) is 6.26 Å². The highest BCUT2D eigenvalue weighted by molar-refractivity contribution is 8.00. The topological polar surface area (TPSA) is 49.4 Å². The number of nitrogens with one attached hydrogen (secondary N) is 1. The van der Waals surface area contributed by atoms with E-state index in [4.69, 9.17) is 0 Å². The van der Waals surface area contributed by atoms with Gasteiger partial charge in [0.2, 0.25) is 0 Å². The molecule has 1 saturated heterocycles. The van der Waals surface area contributed by atoms with Crippen molar-refractivity contribution >= 4 is 21.6 Å². The van der Waals surface area contributed by atoms with Gasteiger partial charge in [-0.25, -0.2) is 8.42 Å². The zero-order valence-electron chi connectivity index (χ0n) is 9.56. The molecule has 6 heteroatoms. The van der Waals surface area contributed by atoms with Crippen molar-refractivity contribution in [1.82, 2.24) is 10.2 Å². The number of hydrogen-bond donors (Lipinski definition) is 1. The molecule has 1 N–H and O–H groups in total. The first kappa shape index (κ1) is 13.3. The van der Waals surface area contributed by atoms with E-state index in [1.807, 2.05) is 7.05 Å². The Labute approximate surface area is 96.7 Å². The number of nitrogens with zero attached hydrogens (tertiary/aromatic N) is 1. The van der Waals surface area contributed by atoms with Crippen LogP contribution in [0.5, 0.6) is 0 Å². The molecule has 0 spiro atoms. The molecular weight excluding hydrogens is 232 g/mol. The lowest BCUT2D eigenvalue weighted by Crippen LogP contribution is -2.53. The molecule has 1 heterocycles. The molecule has 1 rings (SSSR count). The average molecular weight is 252 g/mol. The van der Waals surface area contributed by atoms with Crippen molar-refractivity contribution in [3.05, 3.63) is 0 Å². The summed E-state index contributed by atoms with van der Waals surface area (Å²) in [6.07, 6.45) is 1.34. The van der Waals surface area contributed by atoms with Crippen molar-refractivity contribution in [1.29, 1.82) is 0 Å². The smallest absolute Gasteiger partial charge is 0.164 e. The van der Waals surface area contributed by atoms with Gasteiger partial charge in [-0.2, -0.15) is 11.8 Å². The summed E-state index contributed by atoms with van der Waals surface area (Å²) in [5.74, 6) is 1.73. The number of rotatable bonds is 4. The van der Waals surface area contributed by atoms with Gasteiger partial charge in [-0.15, -0.1) is 0 Å². The molecule has 0 amide bonds. The average Bonchev–Trinajstić information content (AvgIpc) is 2.17. The normalized spacial score (nSPS) is 26.5. The minimum Gasteiger partial charge on any atom is -0.318 e. The van der Waals surface area contributed by atoms with E-state index in [1.54, 1.807) is 11.8 Å². The SMILES string of the molecule is CNCC(C)N1CCSCC1S(C)(=O)=O. The van der Waals surface area contributed by atoms with Crippen molar-refractivity contribution < 1.29 is 8.42 Å². The van der Waals surface area contributed by atoms with Crippen molar-refractivity contribution in [3.63, 3.8) is 0 Å². The van der Waals surface area contributed by atoms with Gasteiger partial charge in [0.1, 0.15) is 5.37 Å². The molecule has 0 aromatic carbocycles. The van der Waals surface area contributed by atoms with Crippen molar-refractivity contribution in [2.45, 2.75) is 18.3 Å². The van der Waals surface area contributed by atoms with Crippen LogP contribution in [0.25, 0.3) is 0 Å². The van der Waals surface area contributed by atoms with Gasteiger partial charge in [0.05, 0.1) is 0 Å². The summed E-state index contributed by atoms with van der Waals surface area (Å²) in [4.78, 5) is 2.10. The third-order valence-corrected chi connectivity index (χ3v) is 5.34. The maximum atomic E-state index is 11.6. The quantitative estimate of drug-likeness (QED) is 0.764. The van der Waals surface area contributed by atoms with Gasteiger partial charge in [-0.1, -0.05) is 0 Å². The van der Waals surface area contributed by atoms with Crippen LogP contribution >= 0.6 is 11.8 Å². The fourth-order valence-electron chi connectivity index (χ4n) is 1.88. The predicted octanol–water partition coefficient (Wildman–Crippen LogP) is 0.0138. The molecule has 0 bridgehead atoms. The Balaban J connectivity index is 2.74. The summed E-state index contributed by atoms with van der Waals surface area (Å²) in [5.41, 5.74) is 0. The lowest BCUT2D eigenvalue weighted by atomic mass is 10.3. The monoisotopic (exact) mass is 252 g/mol. The molecule has 2 unspecified atom stereocenters. The fourth-order valence-corrected chi connectivity index (χ4v) is 4.86. The van der Waals surface area contributed by atoms with Gasteiger partial charge in [0, 0.05) is 36.9 Å². The third kappa shape index (κ3) is 3.62. The van der Waals surface area contributed by atoms with Crippen molar-refractivity contribution in [3.8, 4) is 0 Å². The summed E-state index contributed by atoms with van der Waals surface area (Å²) < 4.78 is 23.3. The summed E-state index contributed by atoms with van der Waals surface area (Å²) >= 11 is 1.73. The Morgan fingerprint density at radius 1 is 1.60 bits per heavy atom. The molecule has 2 atom stereocenters. The van der Waals surface area contributed by atoms with Crippen molar-refractivity contribution in [2.24, 2.45) is 0 Å². The maximum absolute atomic E-state index is 11.6. The number of likely N-dealkylation sites (N-methyl/N-ethyl adjacent to an activating group) is 1. The van der Waals surface area contributed by atoms with E-state index in [0.29, 0.717) is 5.75 Å². The molecule has 1 aliphatic heterocycles. The predicted molar refractivity (Wildman–Crippen MR) is 66.1 cm³/mol. The van der Waals surface area contributed by atoms with E-state index >= 15 is 0 Å². The second-order valence-electron chi connectivity index (χ2n) is 4.00. The lowest BCUT2D eigenvalue weighted by molar-refractivity contribution is 0.203. The van der Waals surface area contributed by atoms with E-state index < -0.39 is 9.84 Å². The number of thioether (sulfide) groups is 1. The van der Waals surface area contributed by atoms with Gasteiger partial charge < -0.3 is 5.32 Å². The number of hydrogen-bond acceptors (Lipinski definition) is 5. The maximum Gasteiger partial charge on any atom is 0.164 e. The first-order chi connectivity index (χ1) is 6.96. The molecule has 0 radical (unpaired) electrons. The molecule has 1 aliphatic rings. The second kappa shape index (κ2) is 5.52. The molecule has 90 valence electrons. The van der Waals surface area contributed by atoms with Crippen LogP contribution < -0.4 is 5.32 Å². The number of sulfone groups is 1. The highest BCUT2D eigenvalue weighted by Gasteiger charge is 2.33. The summed E-state index contributed by atoms with van der Waals surface area (Å²) in [6.45, 7) is 3.77. The van der Waals surface area contributed by atoms with Gasteiger partial charge in [0.15, 0.2) is 9.84 Å². The molecule has 0 aliphatic carbocycles. The molecule has 15 heavy (non-hydrogen) atoms. The fraction of sp³-hybridized carbons (Fsp3) is 1.00. The molecule has 0 saturated carbocycles. The van der Waals surface area contributed by atoms with E-state index in [2.05, 4.69) is 17.1 Å². The van der Waals surface area contributed by atoms with Crippen LogP contribution in [-0.4, -0.2) is 62.6 Å². The Hall–Kier alpha value is 0.220. The summed E-state index contributed by atoms with van der Waals surface area (Å²) in [6, 6.07) is 0.274. The van der Waals surface area contributed by atoms with Crippen LogP contribution in [0.2, 0.25) is 0 Å². The highest BCUT2D eigenvalue weighted by Crippen LogP contribution is 2.22. The molecule has 1 fully saturated rings. The standard InChI is InChI=1S/C9H20N2O2S2/c1-8(6-10-2)11-4-5-14-7-9(11)15(3,12)13/h8-10H,4-7H2,1-3H3. The minimum absolute atomic E-state index is 0.274.